The van der Waals surface area contributed by atoms with Gasteiger partial charge >= 0.3 is 0 Å². The van der Waals surface area contributed by atoms with Crippen molar-refractivity contribution in [1.82, 2.24) is 0 Å². The third kappa shape index (κ3) is 1.27. The predicted molar refractivity (Wildman–Crippen MR) is 54.9 cm³/mol. The normalized spacial score (nSPS) is 10.4. The first-order chi connectivity index (χ1) is 6.72. The lowest BCUT2D eigenvalue weighted by Gasteiger charge is -2.06. The second kappa shape index (κ2) is 3.18. The van der Waals surface area contributed by atoms with Gasteiger partial charge in [0.05, 0.1) is 7.11 Å². The zero-order valence-corrected chi connectivity index (χ0v) is 7.75. The highest BCUT2D eigenvalue weighted by Gasteiger charge is 2.05. The molecule has 0 heterocycles. The first-order valence-corrected chi connectivity index (χ1v) is 4.24. The van der Waals surface area contributed by atoms with Gasteiger partial charge in [-0.05, 0) is 18.2 Å². The van der Waals surface area contributed by atoms with Crippen LogP contribution in [0, 0.1) is 5.82 Å². The fourth-order valence-electron chi connectivity index (χ4n) is 1.51. The Balaban J connectivity index is 2.86. The second-order valence-corrected chi connectivity index (χ2v) is 3.06. The fourth-order valence-corrected chi connectivity index (χ4v) is 1.51. The van der Waals surface area contributed by atoms with Gasteiger partial charge in [0.15, 0.2) is 0 Å². The van der Waals surface area contributed by atoms with Gasteiger partial charge in [-0.1, -0.05) is 12.1 Å². The number of methoxy groups -OCH3 is 1. The lowest BCUT2D eigenvalue weighted by atomic mass is 10.1. The molecule has 0 aliphatic carbocycles. The minimum absolute atomic E-state index is 0.320. The van der Waals surface area contributed by atoms with Crippen molar-refractivity contribution in [2.45, 2.75) is 0 Å². The molecule has 0 saturated carbocycles. The van der Waals surface area contributed by atoms with Gasteiger partial charge in [0.1, 0.15) is 11.6 Å². The van der Waals surface area contributed by atoms with Crippen LogP contribution in [0.1, 0.15) is 0 Å². The molecule has 14 heavy (non-hydrogen) atoms. The minimum atomic E-state index is -0.320. The Morgan fingerprint density at radius 1 is 1.21 bits per heavy atom. The smallest absolute Gasteiger partial charge is 0.133 e. The quantitative estimate of drug-likeness (QED) is 0.703. The summed E-state index contributed by atoms with van der Waals surface area (Å²) >= 11 is 0. The Bertz CT molecular complexity index is 482. The molecule has 0 aliphatic rings. The van der Waals surface area contributed by atoms with Crippen LogP contribution in [0.2, 0.25) is 0 Å². The van der Waals surface area contributed by atoms with Crippen LogP contribution < -0.4 is 10.5 Å². The van der Waals surface area contributed by atoms with Crippen molar-refractivity contribution in [2.75, 3.05) is 12.8 Å². The molecular weight excluding hydrogens is 181 g/mol. The first-order valence-electron chi connectivity index (χ1n) is 4.24. The number of hydrogen-bond donors (Lipinski definition) is 1. The third-order valence-electron chi connectivity index (χ3n) is 2.15. The fraction of sp³-hybridized carbons (Fsp3) is 0.0909. The van der Waals surface area contributed by atoms with Crippen LogP contribution in [0.3, 0.4) is 0 Å². The molecule has 0 amide bonds. The maximum atomic E-state index is 13.4. The summed E-state index contributed by atoms with van der Waals surface area (Å²) in [5, 5.41) is 1.23. The van der Waals surface area contributed by atoms with Crippen molar-refractivity contribution in [2.24, 2.45) is 0 Å². The Kier molecular flexibility index (Phi) is 2.00. The van der Waals surface area contributed by atoms with Crippen LogP contribution in [0.4, 0.5) is 10.1 Å². The van der Waals surface area contributed by atoms with Gasteiger partial charge in [0.25, 0.3) is 0 Å². The van der Waals surface area contributed by atoms with Crippen LogP contribution >= 0.6 is 0 Å². The van der Waals surface area contributed by atoms with Gasteiger partial charge in [-0.2, -0.15) is 0 Å². The molecule has 2 nitrogen and oxygen atoms in total. The van der Waals surface area contributed by atoms with Crippen molar-refractivity contribution in [1.29, 1.82) is 0 Å². The van der Waals surface area contributed by atoms with E-state index in [4.69, 9.17) is 10.5 Å². The molecule has 0 aromatic heterocycles. The molecule has 0 saturated heterocycles. The van der Waals surface area contributed by atoms with Crippen LogP contribution in [-0.2, 0) is 0 Å². The number of nitrogen functional groups attached to an aromatic ring is 1. The van der Waals surface area contributed by atoms with Gasteiger partial charge in [-0.3, -0.25) is 0 Å². The summed E-state index contributed by atoms with van der Waals surface area (Å²) in [7, 11) is 1.55. The lowest BCUT2D eigenvalue weighted by Crippen LogP contribution is -1.90. The van der Waals surface area contributed by atoms with E-state index in [1.165, 1.54) is 6.07 Å². The number of anilines is 1. The van der Waals surface area contributed by atoms with E-state index in [1.807, 2.05) is 0 Å². The Morgan fingerprint density at radius 3 is 2.71 bits per heavy atom. The highest BCUT2D eigenvalue weighted by Crippen LogP contribution is 2.29. The number of fused-ring (bicyclic) bond motifs is 1. The summed E-state index contributed by atoms with van der Waals surface area (Å²) in [6.07, 6.45) is 0. The zero-order chi connectivity index (χ0) is 10.1. The SMILES string of the molecule is COc1cccc2c(F)cc(N)cc12. The molecule has 3 heteroatoms. The van der Waals surface area contributed by atoms with Crippen molar-refractivity contribution in [3.63, 3.8) is 0 Å². The predicted octanol–water partition coefficient (Wildman–Crippen LogP) is 2.57. The Hall–Kier alpha value is -1.77. The molecule has 0 atom stereocenters. The van der Waals surface area contributed by atoms with Crippen LogP contribution in [-0.4, -0.2) is 7.11 Å². The van der Waals surface area contributed by atoms with Gasteiger partial charge in [0.2, 0.25) is 0 Å². The highest BCUT2D eigenvalue weighted by molar-refractivity contribution is 5.91. The number of benzene rings is 2. The molecule has 72 valence electrons. The molecule has 0 radical (unpaired) electrons. The van der Waals surface area contributed by atoms with E-state index in [0.717, 1.165) is 0 Å². The number of hydrogen-bond acceptors (Lipinski definition) is 2. The maximum Gasteiger partial charge on any atom is 0.133 e. The summed E-state index contributed by atoms with van der Waals surface area (Å²) in [5.74, 6) is 0.313. The monoisotopic (exact) mass is 191 g/mol. The molecule has 0 unspecified atom stereocenters. The third-order valence-corrected chi connectivity index (χ3v) is 2.15. The van der Waals surface area contributed by atoms with Crippen molar-refractivity contribution in [3.8, 4) is 5.75 Å². The number of ether oxygens (including phenoxy) is 1. The molecule has 0 fully saturated rings. The first kappa shape index (κ1) is 8.81. The van der Waals surface area contributed by atoms with Gasteiger partial charge in [-0.15, -0.1) is 0 Å². The molecule has 0 spiro atoms. The van der Waals surface area contributed by atoms with Crippen molar-refractivity contribution >= 4 is 16.5 Å². The van der Waals surface area contributed by atoms with Gasteiger partial charge in [-0.25, -0.2) is 4.39 Å². The topological polar surface area (TPSA) is 35.2 Å². The van der Waals surface area contributed by atoms with E-state index in [-0.39, 0.29) is 5.82 Å². The zero-order valence-electron chi connectivity index (χ0n) is 7.75. The highest BCUT2D eigenvalue weighted by atomic mass is 19.1. The number of rotatable bonds is 1. The summed E-state index contributed by atoms with van der Waals surface area (Å²) in [5.41, 5.74) is 5.96. The van der Waals surface area contributed by atoms with E-state index in [9.17, 15) is 4.39 Å². The Morgan fingerprint density at radius 2 is 2.00 bits per heavy atom. The summed E-state index contributed by atoms with van der Waals surface area (Å²) < 4.78 is 18.5. The van der Waals surface area contributed by atoms with Crippen molar-refractivity contribution < 1.29 is 9.13 Å². The Labute approximate surface area is 81.1 Å². The standard InChI is InChI=1S/C11H10FNO/c1-14-11-4-2-3-8-9(11)5-7(13)6-10(8)12/h2-6H,13H2,1H3. The van der Waals surface area contributed by atoms with E-state index >= 15 is 0 Å². The minimum Gasteiger partial charge on any atom is -0.496 e. The molecule has 2 aromatic rings. The second-order valence-electron chi connectivity index (χ2n) is 3.06. The van der Waals surface area contributed by atoms with Crippen LogP contribution in [0.15, 0.2) is 30.3 Å². The molecule has 2 aromatic carbocycles. The van der Waals surface area contributed by atoms with E-state index < -0.39 is 0 Å². The van der Waals surface area contributed by atoms with E-state index in [1.54, 1.807) is 31.4 Å². The van der Waals surface area contributed by atoms with Crippen LogP contribution in [0.25, 0.3) is 10.8 Å². The molecular formula is C11H10FNO. The summed E-state index contributed by atoms with van der Waals surface area (Å²) in [4.78, 5) is 0. The van der Waals surface area contributed by atoms with E-state index in [2.05, 4.69) is 0 Å². The average Bonchev–Trinajstić information content (AvgIpc) is 2.17. The summed E-state index contributed by atoms with van der Waals surface area (Å²) in [6.45, 7) is 0. The molecule has 2 rings (SSSR count). The van der Waals surface area contributed by atoms with Crippen LogP contribution in [0.5, 0.6) is 5.75 Å². The van der Waals surface area contributed by atoms with E-state index in [0.29, 0.717) is 22.2 Å². The molecule has 0 bridgehead atoms. The molecule has 2 N–H and O–H groups in total. The van der Waals surface area contributed by atoms with Crippen molar-refractivity contribution in [3.05, 3.63) is 36.1 Å². The van der Waals surface area contributed by atoms with Gasteiger partial charge in [0, 0.05) is 16.5 Å². The molecule has 0 aliphatic heterocycles. The van der Waals surface area contributed by atoms with Gasteiger partial charge < -0.3 is 10.5 Å². The summed E-state index contributed by atoms with van der Waals surface area (Å²) in [6, 6.07) is 8.24. The lowest BCUT2D eigenvalue weighted by molar-refractivity contribution is 0.419. The average molecular weight is 191 g/mol. The maximum absolute atomic E-state index is 13.4. The largest absolute Gasteiger partial charge is 0.496 e. The number of nitrogens with two attached hydrogens (primary N) is 1. The number of halogens is 1.